The minimum Gasteiger partial charge on any atom is -0.469 e. The normalized spacial score (nSPS) is 10.2. The molecule has 1 aromatic heterocycles. The Morgan fingerprint density at radius 3 is 2.50 bits per heavy atom. The predicted octanol–water partition coefficient (Wildman–Crippen LogP) is 2.53. The molecule has 1 aromatic carbocycles. The van der Waals surface area contributed by atoms with Gasteiger partial charge in [-0.2, -0.15) is 0 Å². The molecule has 0 aliphatic rings. The quantitative estimate of drug-likeness (QED) is 0.737. The van der Waals surface area contributed by atoms with E-state index in [1.165, 1.54) is 13.4 Å². The second-order valence-corrected chi connectivity index (χ2v) is 4.83. The minimum atomic E-state index is -0.336. The summed E-state index contributed by atoms with van der Waals surface area (Å²) in [5.74, 6) is -0.278. The van der Waals surface area contributed by atoms with Crippen LogP contribution in [0, 0.1) is 0 Å². The fraction of sp³-hybridized carbons (Fsp3) is 0.294. The van der Waals surface area contributed by atoms with E-state index in [4.69, 9.17) is 4.42 Å². The van der Waals surface area contributed by atoms with Gasteiger partial charge >= 0.3 is 5.97 Å². The van der Waals surface area contributed by atoms with Crippen LogP contribution in [-0.2, 0) is 16.0 Å². The summed E-state index contributed by atoms with van der Waals surface area (Å²) in [6.45, 7) is 0.819. The number of rotatable bonds is 7. The van der Waals surface area contributed by atoms with Crippen LogP contribution in [0.15, 0.2) is 53.1 Å². The summed E-state index contributed by atoms with van der Waals surface area (Å²) in [5, 5.41) is 0. The summed E-state index contributed by atoms with van der Waals surface area (Å²) in [5.41, 5.74) is 1.14. The molecule has 0 aliphatic heterocycles. The highest BCUT2D eigenvalue weighted by molar-refractivity contribution is 5.91. The Labute approximate surface area is 129 Å². The zero-order valence-corrected chi connectivity index (χ0v) is 12.5. The van der Waals surface area contributed by atoms with Crippen LogP contribution < -0.4 is 0 Å². The Hall–Kier alpha value is -2.56. The first-order valence-electron chi connectivity index (χ1n) is 7.14. The fourth-order valence-corrected chi connectivity index (χ4v) is 2.11. The molecule has 1 amide bonds. The molecule has 0 unspecified atom stereocenters. The number of ether oxygens (including phenoxy) is 1. The fourth-order valence-electron chi connectivity index (χ4n) is 2.11. The van der Waals surface area contributed by atoms with Gasteiger partial charge in [-0.1, -0.05) is 30.3 Å². The summed E-state index contributed by atoms with van der Waals surface area (Å²) < 4.78 is 9.79. The Balaban J connectivity index is 2.00. The summed E-state index contributed by atoms with van der Waals surface area (Å²) in [4.78, 5) is 25.3. The number of hydrogen-bond acceptors (Lipinski definition) is 4. The van der Waals surface area contributed by atoms with E-state index in [1.54, 1.807) is 17.0 Å². The van der Waals surface area contributed by atoms with Crippen LogP contribution in [0.5, 0.6) is 0 Å². The first-order valence-corrected chi connectivity index (χ1v) is 7.14. The Morgan fingerprint density at radius 2 is 1.86 bits per heavy atom. The molecule has 0 N–H and O–H groups in total. The molecule has 5 nitrogen and oxygen atoms in total. The number of esters is 1. The zero-order valence-electron chi connectivity index (χ0n) is 12.5. The van der Waals surface area contributed by atoms with E-state index < -0.39 is 0 Å². The van der Waals surface area contributed by atoms with E-state index in [2.05, 4.69) is 4.74 Å². The maximum absolute atomic E-state index is 12.4. The lowest BCUT2D eigenvalue weighted by Gasteiger charge is -2.21. The molecule has 1 heterocycles. The third kappa shape index (κ3) is 4.48. The maximum atomic E-state index is 12.4. The highest BCUT2D eigenvalue weighted by Crippen LogP contribution is 2.09. The van der Waals surface area contributed by atoms with Gasteiger partial charge in [0.2, 0.25) is 0 Å². The van der Waals surface area contributed by atoms with Crippen molar-refractivity contribution in [2.24, 2.45) is 0 Å². The molecule has 116 valence electrons. The lowest BCUT2D eigenvalue weighted by Crippen LogP contribution is -2.34. The van der Waals surface area contributed by atoms with Gasteiger partial charge in [0.1, 0.15) is 0 Å². The molecular formula is C17H19NO4. The van der Waals surface area contributed by atoms with Crippen LogP contribution in [-0.4, -0.2) is 37.0 Å². The number of nitrogens with zero attached hydrogens (tertiary/aromatic N) is 1. The van der Waals surface area contributed by atoms with Crippen molar-refractivity contribution in [1.82, 2.24) is 4.90 Å². The third-order valence-corrected chi connectivity index (χ3v) is 3.35. The maximum Gasteiger partial charge on any atom is 0.307 e. The molecule has 0 fully saturated rings. The Bertz CT molecular complexity index is 592. The molecule has 0 radical (unpaired) electrons. The van der Waals surface area contributed by atoms with Crippen molar-refractivity contribution in [2.75, 3.05) is 20.2 Å². The monoisotopic (exact) mass is 301 g/mol. The van der Waals surface area contributed by atoms with Crippen LogP contribution >= 0.6 is 0 Å². The van der Waals surface area contributed by atoms with Crippen LogP contribution in [0.25, 0.3) is 0 Å². The molecule has 2 aromatic rings. The number of carbonyl (C=O) groups is 2. The predicted molar refractivity (Wildman–Crippen MR) is 81.4 cm³/mol. The van der Waals surface area contributed by atoms with Gasteiger partial charge in [0, 0.05) is 13.1 Å². The van der Waals surface area contributed by atoms with E-state index in [0.717, 1.165) is 5.56 Å². The van der Waals surface area contributed by atoms with Crippen molar-refractivity contribution in [1.29, 1.82) is 0 Å². The lowest BCUT2D eigenvalue weighted by molar-refractivity contribution is -0.140. The van der Waals surface area contributed by atoms with Crippen LogP contribution in [0.4, 0.5) is 0 Å². The molecule has 0 spiro atoms. The first kappa shape index (κ1) is 15.8. The average molecular weight is 301 g/mol. The molecule has 0 atom stereocenters. The van der Waals surface area contributed by atoms with Crippen LogP contribution in [0.2, 0.25) is 0 Å². The largest absolute Gasteiger partial charge is 0.469 e. The van der Waals surface area contributed by atoms with Gasteiger partial charge in [0.15, 0.2) is 5.76 Å². The molecule has 5 heteroatoms. The number of benzene rings is 1. The van der Waals surface area contributed by atoms with Gasteiger partial charge in [-0.15, -0.1) is 0 Å². The summed E-state index contributed by atoms with van der Waals surface area (Å²) in [7, 11) is 1.34. The minimum absolute atomic E-state index is 0.164. The standard InChI is InChI=1S/C17H19NO4/c1-21-16(19)10-12-18(17(20)15-8-5-13-22-15)11-9-14-6-3-2-4-7-14/h2-8,13H,9-12H2,1H3. The Morgan fingerprint density at radius 1 is 1.09 bits per heavy atom. The van der Waals surface area contributed by atoms with Crippen LogP contribution in [0.1, 0.15) is 22.5 Å². The van der Waals surface area contributed by atoms with Crippen LogP contribution in [0.3, 0.4) is 0 Å². The van der Waals surface area contributed by atoms with Gasteiger partial charge in [-0.25, -0.2) is 0 Å². The smallest absolute Gasteiger partial charge is 0.307 e. The highest BCUT2D eigenvalue weighted by Gasteiger charge is 2.19. The zero-order chi connectivity index (χ0) is 15.8. The van der Waals surface area contributed by atoms with Gasteiger partial charge < -0.3 is 14.1 Å². The van der Waals surface area contributed by atoms with E-state index in [9.17, 15) is 9.59 Å². The number of carbonyl (C=O) groups excluding carboxylic acids is 2. The number of amides is 1. The average Bonchev–Trinajstić information content (AvgIpc) is 3.09. The summed E-state index contributed by atoms with van der Waals surface area (Å²) in [6, 6.07) is 13.2. The molecule has 2 rings (SSSR count). The highest BCUT2D eigenvalue weighted by atomic mass is 16.5. The third-order valence-electron chi connectivity index (χ3n) is 3.35. The SMILES string of the molecule is COC(=O)CCN(CCc1ccccc1)C(=O)c1ccco1. The Kier molecular flexibility index (Phi) is 5.77. The van der Waals surface area contributed by atoms with E-state index in [0.29, 0.717) is 19.5 Å². The number of methoxy groups -OCH3 is 1. The van der Waals surface area contributed by atoms with Crippen molar-refractivity contribution in [3.63, 3.8) is 0 Å². The second-order valence-electron chi connectivity index (χ2n) is 4.83. The number of furan rings is 1. The molecule has 0 saturated carbocycles. The number of hydrogen-bond donors (Lipinski definition) is 0. The molecule has 0 saturated heterocycles. The van der Waals surface area contributed by atoms with Crippen molar-refractivity contribution < 1.29 is 18.7 Å². The van der Waals surface area contributed by atoms with E-state index in [-0.39, 0.29) is 24.1 Å². The van der Waals surface area contributed by atoms with E-state index >= 15 is 0 Å². The molecular weight excluding hydrogens is 282 g/mol. The van der Waals surface area contributed by atoms with Crippen molar-refractivity contribution in [2.45, 2.75) is 12.8 Å². The van der Waals surface area contributed by atoms with Gasteiger partial charge in [-0.3, -0.25) is 9.59 Å². The lowest BCUT2D eigenvalue weighted by atomic mass is 10.1. The van der Waals surface area contributed by atoms with Gasteiger partial charge in [0.05, 0.1) is 19.8 Å². The van der Waals surface area contributed by atoms with Crippen molar-refractivity contribution in [3.8, 4) is 0 Å². The van der Waals surface area contributed by atoms with Gasteiger partial charge in [0.25, 0.3) is 5.91 Å². The second kappa shape index (κ2) is 8.02. The summed E-state index contributed by atoms with van der Waals surface area (Å²) >= 11 is 0. The molecule has 22 heavy (non-hydrogen) atoms. The first-order chi connectivity index (χ1) is 10.7. The van der Waals surface area contributed by atoms with Crippen molar-refractivity contribution in [3.05, 3.63) is 60.1 Å². The van der Waals surface area contributed by atoms with Crippen molar-refractivity contribution >= 4 is 11.9 Å². The molecule has 0 aliphatic carbocycles. The topological polar surface area (TPSA) is 59.8 Å². The van der Waals surface area contributed by atoms with E-state index in [1.807, 2.05) is 30.3 Å². The van der Waals surface area contributed by atoms with Gasteiger partial charge in [-0.05, 0) is 24.1 Å². The summed E-state index contributed by atoms with van der Waals surface area (Å²) in [6.07, 6.45) is 2.34. The molecule has 0 bridgehead atoms.